The van der Waals surface area contributed by atoms with Crippen LogP contribution in [0.4, 0.5) is 11.6 Å². The van der Waals surface area contributed by atoms with Gasteiger partial charge in [0, 0.05) is 25.0 Å². The number of hydrogen-bond acceptors (Lipinski definition) is 5. The maximum atomic E-state index is 12.3. The molecule has 6 nitrogen and oxygen atoms in total. The van der Waals surface area contributed by atoms with E-state index in [9.17, 15) is 4.79 Å². The lowest BCUT2D eigenvalue weighted by molar-refractivity contribution is 0.102. The van der Waals surface area contributed by atoms with Gasteiger partial charge in [-0.05, 0) is 37.1 Å². The molecule has 1 amide bonds. The highest BCUT2D eigenvalue weighted by Gasteiger charge is 2.16. The maximum absolute atomic E-state index is 12.3. The minimum absolute atomic E-state index is 0.169. The summed E-state index contributed by atoms with van der Waals surface area (Å²) in [7, 11) is 0. The molecule has 126 valence electrons. The van der Waals surface area contributed by atoms with Gasteiger partial charge >= 0.3 is 0 Å². The van der Waals surface area contributed by atoms with E-state index in [1.807, 2.05) is 0 Å². The van der Waals surface area contributed by atoms with Gasteiger partial charge in [-0.1, -0.05) is 23.2 Å². The van der Waals surface area contributed by atoms with Gasteiger partial charge in [0.05, 0.1) is 16.1 Å². The van der Waals surface area contributed by atoms with E-state index in [-0.39, 0.29) is 17.7 Å². The molecule has 2 N–H and O–H groups in total. The summed E-state index contributed by atoms with van der Waals surface area (Å²) in [5.74, 6) is 0.0447. The largest absolute Gasteiger partial charge is 0.376 e. The fourth-order valence-corrected chi connectivity index (χ4v) is 2.65. The number of ether oxygens (including phenoxy) is 1. The van der Waals surface area contributed by atoms with Gasteiger partial charge in [-0.25, -0.2) is 9.97 Å². The third-order valence-electron chi connectivity index (χ3n) is 3.58. The Morgan fingerprint density at radius 3 is 2.92 bits per heavy atom. The van der Waals surface area contributed by atoms with E-state index >= 15 is 0 Å². The number of carbonyl (C=O) groups is 1. The van der Waals surface area contributed by atoms with E-state index in [0.717, 1.165) is 19.4 Å². The molecule has 8 heteroatoms. The molecule has 1 aliphatic heterocycles. The SMILES string of the molecule is O=C(Nc1ccc(Cl)c(Cl)c1)c1ccnc(NCC2CCCO2)n1. The first kappa shape index (κ1) is 17.0. The molecule has 0 spiro atoms. The van der Waals surface area contributed by atoms with Crippen molar-refractivity contribution in [2.24, 2.45) is 0 Å². The molecule has 1 aliphatic rings. The molecule has 3 rings (SSSR count). The van der Waals surface area contributed by atoms with Crippen molar-refractivity contribution >= 4 is 40.7 Å². The molecule has 1 fully saturated rings. The molecule has 1 aromatic carbocycles. The lowest BCUT2D eigenvalue weighted by Crippen LogP contribution is -2.21. The minimum Gasteiger partial charge on any atom is -0.376 e. The van der Waals surface area contributed by atoms with E-state index in [0.29, 0.717) is 28.2 Å². The highest BCUT2D eigenvalue weighted by atomic mass is 35.5. The Morgan fingerprint density at radius 2 is 2.17 bits per heavy atom. The van der Waals surface area contributed by atoms with Crippen molar-refractivity contribution in [2.45, 2.75) is 18.9 Å². The molecule has 24 heavy (non-hydrogen) atoms. The van der Waals surface area contributed by atoms with Gasteiger partial charge in [0.15, 0.2) is 0 Å². The van der Waals surface area contributed by atoms with E-state index in [4.69, 9.17) is 27.9 Å². The normalized spacial score (nSPS) is 16.8. The van der Waals surface area contributed by atoms with Crippen LogP contribution in [0.3, 0.4) is 0 Å². The second kappa shape index (κ2) is 7.79. The topological polar surface area (TPSA) is 76.1 Å². The number of nitrogens with zero attached hydrogens (tertiary/aromatic N) is 2. The summed E-state index contributed by atoms with van der Waals surface area (Å²) in [5, 5.41) is 6.62. The zero-order chi connectivity index (χ0) is 16.9. The average Bonchev–Trinajstić information content (AvgIpc) is 3.10. The number of halogens is 2. The van der Waals surface area contributed by atoms with Gasteiger partial charge in [0.1, 0.15) is 5.69 Å². The Hall–Kier alpha value is -1.89. The smallest absolute Gasteiger partial charge is 0.274 e. The first-order chi connectivity index (χ1) is 11.6. The summed E-state index contributed by atoms with van der Waals surface area (Å²) in [4.78, 5) is 20.6. The lowest BCUT2D eigenvalue weighted by Gasteiger charge is -2.11. The van der Waals surface area contributed by atoms with Crippen LogP contribution in [0.25, 0.3) is 0 Å². The molecule has 0 aliphatic carbocycles. The number of benzene rings is 1. The Balaban J connectivity index is 1.63. The van der Waals surface area contributed by atoms with Crippen LogP contribution in [-0.4, -0.2) is 35.1 Å². The first-order valence-electron chi connectivity index (χ1n) is 7.57. The second-order valence-corrected chi connectivity index (χ2v) is 6.18. The van der Waals surface area contributed by atoms with Crippen LogP contribution in [-0.2, 0) is 4.74 Å². The van der Waals surface area contributed by atoms with E-state index in [1.165, 1.54) is 6.20 Å². The highest BCUT2D eigenvalue weighted by molar-refractivity contribution is 6.42. The van der Waals surface area contributed by atoms with Crippen LogP contribution in [0.15, 0.2) is 30.5 Å². The van der Waals surface area contributed by atoms with Gasteiger partial charge in [0.25, 0.3) is 5.91 Å². The number of anilines is 2. The summed E-state index contributed by atoms with van der Waals surface area (Å²) in [6.07, 6.45) is 3.79. The summed E-state index contributed by atoms with van der Waals surface area (Å²) in [6.45, 7) is 1.41. The maximum Gasteiger partial charge on any atom is 0.274 e. The number of carbonyl (C=O) groups excluding carboxylic acids is 1. The van der Waals surface area contributed by atoms with Crippen molar-refractivity contribution in [3.63, 3.8) is 0 Å². The van der Waals surface area contributed by atoms with Gasteiger partial charge < -0.3 is 15.4 Å². The molecule has 0 radical (unpaired) electrons. The van der Waals surface area contributed by atoms with Crippen molar-refractivity contribution in [2.75, 3.05) is 23.8 Å². The van der Waals surface area contributed by atoms with Crippen LogP contribution >= 0.6 is 23.2 Å². The summed E-state index contributed by atoms with van der Waals surface area (Å²) >= 11 is 11.8. The van der Waals surface area contributed by atoms with E-state index in [2.05, 4.69) is 20.6 Å². The molecule has 0 saturated carbocycles. The molecule has 2 aromatic rings. The Bertz CT molecular complexity index is 736. The fraction of sp³-hybridized carbons (Fsp3) is 0.312. The molecular formula is C16H16Cl2N4O2. The quantitative estimate of drug-likeness (QED) is 0.844. The van der Waals surface area contributed by atoms with Crippen LogP contribution in [0.1, 0.15) is 23.3 Å². The Labute approximate surface area is 149 Å². The van der Waals surface area contributed by atoms with E-state index < -0.39 is 0 Å². The summed E-state index contributed by atoms with van der Waals surface area (Å²) in [6, 6.07) is 6.42. The number of aromatic nitrogens is 2. The highest BCUT2D eigenvalue weighted by Crippen LogP contribution is 2.25. The zero-order valence-corrected chi connectivity index (χ0v) is 14.3. The number of amides is 1. The Morgan fingerprint density at radius 1 is 1.29 bits per heavy atom. The van der Waals surface area contributed by atoms with Crippen molar-refractivity contribution in [1.29, 1.82) is 0 Å². The average molecular weight is 367 g/mol. The summed E-state index contributed by atoms with van der Waals surface area (Å²) < 4.78 is 5.53. The van der Waals surface area contributed by atoms with Gasteiger partial charge in [-0.2, -0.15) is 0 Å². The lowest BCUT2D eigenvalue weighted by atomic mass is 10.2. The number of nitrogens with one attached hydrogen (secondary N) is 2. The third-order valence-corrected chi connectivity index (χ3v) is 4.32. The first-order valence-corrected chi connectivity index (χ1v) is 8.32. The standard InChI is InChI=1S/C16H16Cl2N4O2/c17-12-4-3-10(8-13(12)18)21-15(23)14-5-6-19-16(22-14)20-9-11-2-1-7-24-11/h3-6,8,11H,1-2,7,9H2,(H,21,23)(H,19,20,22). The molecule has 2 heterocycles. The van der Waals surface area contributed by atoms with Crippen LogP contribution in [0, 0.1) is 0 Å². The van der Waals surface area contributed by atoms with Crippen molar-refractivity contribution in [1.82, 2.24) is 9.97 Å². The fourth-order valence-electron chi connectivity index (χ4n) is 2.35. The van der Waals surface area contributed by atoms with Crippen molar-refractivity contribution < 1.29 is 9.53 Å². The minimum atomic E-state index is -0.351. The Kier molecular flexibility index (Phi) is 5.50. The van der Waals surface area contributed by atoms with Crippen molar-refractivity contribution in [3.8, 4) is 0 Å². The predicted octanol–water partition coefficient (Wildman–Crippen LogP) is 3.63. The van der Waals surface area contributed by atoms with Crippen LogP contribution in [0.2, 0.25) is 10.0 Å². The molecule has 1 atom stereocenters. The third kappa shape index (κ3) is 4.35. The number of hydrogen-bond donors (Lipinski definition) is 2. The molecular weight excluding hydrogens is 351 g/mol. The van der Waals surface area contributed by atoms with E-state index in [1.54, 1.807) is 24.3 Å². The second-order valence-electron chi connectivity index (χ2n) is 5.36. The molecule has 0 bridgehead atoms. The van der Waals surface area contributed by atoms with Gasteiger partial charge in [0.2, 0.25) is 5.95 Å². The molecule has 1 aromatic heterocycles. The van der Waals surface area contributed by atoms with Crippen LogP contribution in [0.5, 0.6) is 0 Å². The van der Waals surface area contributed by atoms with Crippen molar-refractivity contribution in [3.05, 3.63) is 46.2 Å². The van der Waals surface area contributed by atoms with Crippen LogP contribution < -0.4 is 10.6 Å². The summed E-state index contributed by atoms with van der Waals surface area (Å²) in [5.41, 5.74) is 0.799. The molecule has 1 unspecified atom stereocenters. The van der Waals surface area contributed by atoms with Gasteiger partial charge in [-0.15, -0.1) is 0 Å². The predicted molar refractivity (Wildman–Crippen MR) is 93.9 cm³/mol. The van der Waals surface area contributed by atoms with Gasteiger partial charge in [-0.3, -0.25) is 4.79 Å². The zero-order valence-electron chi connectivity index (χ0n) is 12.8. The number of rotatable bonds is 5. The monoisotopic (exact) mass is 366 g/mol. The molecule has 1 saturated heterocycles.